The molecular weight excluding hydrogens is 240 g/mol. The molecule has 2 aromatic rings. The summed E-state index contributed by atoms with van der Waals surface area (Å²) >= 11 is 5.82. The minimum absolute atomic E-state index is 0.132. The molecule has 0 unspecified atom stereocenters. The summed E-state index contributed by atoms with van der Waals surface area (Å²) in [5.41, 5.74) is 0.978. The first kappa shape index (κ1) is 11.5. The lowest BCUT2D eigenvalue weighted by Gasteiger charge is -2.06. The van der Waals surface area contributed by atoms with E-state index in [1.54, 1.807) is 23.3 Å². The lowest BCUT2D eigenvalue weighted by atomic mass is 10.3. The van der Waals surface area contributed by atoms with E-state index in [4.69, 9.17) is 11.6 Å². The van der Waals surface area contributed by atoms with Crippen molar-refractivity contribution in [1.82, 2.24) is 24.5 Å². The normalized spacial score (nSPS) is 10.2. The van der Waals surface area contributed by atoms with Crippen LogP contribution in [-0.2, 0) is 0 Å². The number of nitrogens with zero attached hydrogens (tertiary/aromatic N) is 5. The van der Waals surface area contributed by atoms with E-state index < -0.39 is 0 Å². The highest BCUT2D eigenvalue weighted by atomic mass is 35.5. The Bertz CT molecular complexity index is 522. The highest BCUT2D eigenvalue weighted by Gasteiger charge is 2.05. The number of aromatic nitrogens is 5. The molecule has 0 atom stereocenters. The van der Waals surface area contributed by atoms with Crippen LogP contribution in [0, 0.1) is 0 Å². The summed E-state index contributed by atoms with van der Waals surface area (Å²) in [6.07, 6.45) is 4.96. The van der Waals surface area contributed by atoms with Crippen molar-refractivity contribution in [1.29, 1.82) is 0 Å². The van der Waals surface area contributed by atoms with Crippen LogP contribution in [0.1, 0.15) is 6.92 Å². The second-order valence-corrected chi connectivity index (χ2v) is 3.85. The monoisotopic (exact) mass is 250 g/mol. The minimum atomic E-state index is 0.132. The molecule has 0 aliphatic rings. The van der Waals surface area contributed by atoms with Crippen molar-refractivity contribution in [2.45, 2.75) is 6.92 Å². The van der Waals surface area contributed by atoms with Crippen molar-refractivity contribution < 1.29 is 0 Å². The molecule has 88 valence electrons. The maximum Gasteiger partial charge on any atom is 0.241 e. The molecule has 0 radical (unpaired) electrons. The fourth-order valence-electron chi connectivity index (χ4n) is 1.14. The van der Waals surface area contributed by atoms with E-state index in [0.29, 0.717) is 18.4 Å². The summed E-state index contributed by atoms with van der Waals surface area (Å²) < 4.78 is 1.65. The Morgan fingerprint density at radius 1 is 1.47 bits per heavy atom. The fourth-order valence-corrected chi connectivity index (χ4v) is 1.30. The minimum Gasteiger partial charge on any atom is -0.350 e. The highest BCUT2D eigenvalue weighted by molar-refractivity contribution is 6.28. The van der Waals surface area contributed by atoms with E-state index in [-0.39, 0.29) is 5.28 Å². The van der Waals surface area contributed by atoms with E-state index in [2.05, 4.69) is 31.8 Å². The van der Waals surface area contributed by atoms with Gasteiger partial charge < -0.3 is 5.32 Å². The standard InChI is InChI=1S/C10H11ClN6/c1-7(2)5-13-9-14-8(11)15-10(16-9)17-4-3-12-6-17/h3-4,6H,1,5H2,2H3,(H,13,14,15,16). The highest BCUT2D eigenvalue weighted by Crippen LogP contribution is 2.09. The first-order valence-electron chi connectivity index (χ1n) is 4.93. The molecule has 0 aliphatic heterocycles. The van der Waals surface area contributed by atoms with Gasteiger partial charge in [0, 0.05) is 18.9 Å². The van der Waals surface area contributed by atoms with Crippen LogP contribution in [0.5, 0.6) is 0 Å². The number of hydrogen-bond donors (Lipinski definition) is 1. The molecule has 0 amide bonds. The Kier molecular flexibility index (Phi) is 3.34. The molecule has 0 saturated carbocycles. The van der Waals surface area contributed by atoms with Crippen LogP contribution in [0.3, 0.4) is 0 Å². The summed E-state index contributed by atoms with van der Waals surface area (Å²) in [6, 6.07) is 0. The zero-order valence-electron chi connectivity index (χ0n) is 9.26. The maximum absolute atomic E-state index is 5.82. The number of nitrogens with one attached hydrogen (secondary N) is 1. The van der Waals surface area contributed by atoms with E-state index >= 15 is 0 Å². The van der Waals surface area contributed by atoms with Crippen molar-refractivity contribution in [2.75, 3.05) is 11.9 Å². The van der Waals surface area contributed by atoms with Crippen LogP contribution < -0.4 is 5.32 Å². The van der Waals surface area contributed by atoms with Crippen LogP contribution >= 0.6 is 11.6 Å². The molecule has 17 heavy (non-hydrogen) atoms. The Morgan fingerprint density at radius 3 is 2.94 bits per heavy atom. The van der Waals surface area contributed by atoms with Crippen molar-refractivity contribution in [2.24, 2.45) is 0 Å². The van der Waals surface area contributed by atoms with Crippen molar-refractivity contribution in [3.63, 3.8) is 0 Å². The third-order valence-electron chi connectivity index (χ3n) is 1.88. The Hall–Kier alpha value is -1.95. The predicted molar refractivity (Wildman–Crippen MR) is 65.3 cm³/mol. The van der Waals surface area contributed by atoms with Gasteiger partial charge in [-0.1, -0.05) is 12.2 Å². The van der Waals surface area contributed by atoms with E-state index in [1.807, 2.05) is 6.92 Å². The third kappa shape index (κ3) is 3.01. The van der Waals surface area contributed by atoms with Gasteiger partial charge in [-0.15, -0.1) is 0 Å². The summed E-state index contributed by atoms with van der Waals surface area (Å²) in [6.45, 7) is 6.28. The molecule has 0 aromatic carbocycles. The molecule has 2 aromatic heterocycles. The molecule has 0 bridgehead atoms. The summed E-state index contributed by atoms with van der Waals surface area (Å²) in [4.78, 5) is 16.1. The third-order valence-corrected chi connectivity index (χ3v) is 2.05. The van der Waals surface area contributed by atoms with Crippen molar-refractivity contribution in [3.05, 3.63) is 36.2 Å². The second-order valence-electron chi connectivity index (χ2n) is 3.51. The molecule has 0 saturated heterocycles. The Balaban J connectivity index is 2.26. The quantitative estimate of drug-likeness (QED) is 0.837. The maximum atomic E-state index is 5.82. The van der Waals surface area contributed by atoms with Gasteiger partial charge in [-0.3, -0.25) is 4.57 Å². The SMILES string of the molecule is C=C(C)CNc1nc(Cl)nc(-n2ccnc2)n1. The average molecular weight is 251 g/mol. The zero-order valence-corrected chi connectivity index (χ0v) is 10.0. The van der Waals surface area contributed by atoms with E-state index in [9.17, 15) is 0 Å². The first-order valence-corrected chi connectivity index (χ1v) is 5.31. The lowest BCUT2D eigenvalue weighted by molar-refractivity contribution is 0.893. The molecule has 7 heteroatoms. The lowest BCUT2D eigenvalue weighted by Crippen LogP contribution is -2.09. The van der Waals surface area contributed by atoms with Crippen molar-refractivity contribution >= 4 is 17.5 Å². The summed E-state index contributed by atoms with van der Waals surface area (Å²) in [5.74, 6) is 0.836. The number of halogens is 1. The van der Waals surface area contributed by atoms with Gasteiger partial charge in [0.2, 0.25) is 17.2 Å². The topological polar surface area (TPSA) is 68.5 Å². The van der Waals surface area contributed by atoms with Crippen molar-refractivity contribution in [3.8, 4) is 5.95 Å². The first-order chi connectivity index (χ1) is 8.15. The molecule has 2 heterocycles. The fraction of sp³-hybridized carbons (Fsp3) is 0.200. The van der Waals surface area contributed by atoms with E-state index in [1.165, 1.54) is 0 Å². The smallest absolute Gasteiger partial charge is 0.241 e. The number of imidazole rings is 1. The zero-order chi connectivity index (χ0) is 12.3. The Morgan fingerprint density at radius 2 is 2.29 bits per heavy atom. The van der Waals surface area contributed by atoms with Gasteiger partial charge in [0.25, 0.3) is 0 Å². The van der Waals surface area contributed by atoms with Gasteiger partial charge in [0.05, 0.1) is 0 Å². The Labute approximate surface area is 103 Å². The molecule has 6 nitrogen and oxygen atoms in total. The molecule has 0 fully saturated rings. The number of anilines is 1. The predicted octanol–water partition coefficient (Wildman–Crippen LogP) is 1.70. The van der Waals surface area contributed by atoms with Crippen LogP contribution in [0.4, 0.5) is 5.95 Å². The van der Waals surface area contributed by atoms with Gasteiger partial charge in [-0.25, -0.2) is 4.98 Å². The number of hydrogen-bond acceptors (Lipinski definition) is 5. The molecule has 1 N–H and O–H groups in total. The van der Waals surface area contributed by atoms with Crippen LogP contribution in [0.2, 0.25) is 5.28 Å². The average Bonchev–Trinajstić information content (AvgIpc) is 2.79. The van der Waals surface area contributed by atoms with Crippen LogP contribution in [0.15, 0.2) is 30.9 Å². The van der Waals surface area contributed by atoms with E-state index in [0.717, 1.165) is 5.57 Å². The van der Waals surface area contributed by atoms with Crippen LogP contribution in [0.25, 0.3) is 5.95 Å². The number of rotatable bonds is 4. The van der Waals surface area contributed by atoms with Crippen LogP contribution in [-0.4, -0.2) is 31.0 Å². The van der Waals surface area contributed by atoms with Gasteiger partial charge in [0.15, 0.2) is 0 Å². The largest absolute Gasteiger partial charge is 0.350 e. The van der Waals surface area contributed by atoms with Gasteiger partial charge in [-0.05, 0) is 18.5 Å². The van der Waals surface area contributed by atoms with Gasteiger partial charge >= 0.3 is 0 Å². The molecule has 2 rings (SSSR count). The van der Waals surface area contributed by atoms with Gasteiger partial charge in [-0.2, -0.15) is 15.0 Å². The second kappa shape index (κ2) is 4.92. The molecule has 0 aliphatic carbocycles. The summed E-state index contributed by atoms with van der Waals surface area (Å²) in [5, 5.41) is 3.14. The molecule has 0 spiro atoms. The summed E-state index contributed by atoms with van der Waals surface area (Å²) in [7, 11) is 0. The van der Waals surface area contributed by atoms with Gasteiger partial charge in [0.1, 0.15) is 6.33 Å². The molecular formula is C10H11ClN6.